The summed E-state index contributed by atoms with van der Waals surface area (Å²) in [5, 5.41) is 0. The molecule has 0 amide bonds. The fourth-order valence-corrected chi connectivity index (χ4v) is 4.62. The summed E-state index contributed by atoms with van der Waals surface area (Å²) in [4.78, 5) is 2.98. The number of rotatable bonds is 3. The highest BCUT2D eigenvalue weighted by Crippen LogP contribution is 2.33. The van der Waals surface area contributed by atoms with Crippen LogP contribution in [-0.2, 0) is 19.3 Å². The molecule has 1 unspecified atom stereocenters. The quantitative estimate of drug-likeness (QED) is 0.803. The van der Waals surface area contributed by atoms with Crippen molar-refractivity contribution in [3.05, 3.63) is 56.3 Å². The highest BCUT2D eigenvalue weighted by atomic mass is 32.1. The number of nitrogens with two attached hydrogens (primary N) is 1. The van der Waals surface area contributed by atoms with Crippen LogP contribution in [0.4, 0.5) is 0 Å². The maximum atomic E-state index is 6.53. The molecule has 0 spiro atoms. The largest absolute Gasteiger partial charge is 0.323 e. The van der Waals surface area contributed by atoms with Crippen LogP contribution < -0.4 is 5.73 Å². The van der Waals surface area contributed by atoms with E-state index in [1.54, 1.807) is 10.4 Å². The monoisotopic (exact) mass is 299 g/mol. The van der Waals surface area contributed by atoms with Crippen LogP contribution >= 0.6 is 11.3 Å². The van der Waals surface area contributed by atoms with Crippen LogP contribution in [0, 0.1) is 13.8 Å². The van der Waals surface area contributed by atoms with E-state index in [-0.39, 0.29) is 6.04 Å². The Balaban J connectivity index is 1.81. The summed E-state index contributed by atoms with van der Waals surface area (Å²) >= 11 is 1.96. The molecular weight excluding hydrogens is 274 g/mol. The topological polar surface area (TPSA) is 26.0 Å². The van der Waals surface area contributed by atoms with E-state index in [0.29, 0.717) is 0 Å². The van der Waals surface area contributed by atoms with E-state index < -0.39 is 0 Å². The predicted octanol–water partition coefficient (Wildman–Crippen LogP) is 4.88. The summed E-state index contributed by atoms with van der Waals surface area (Å²) in [7, 11) is 0. The summed E-state index contributed by atoms with van der Waals surface area (Å²) in [6, 6.07) is 9.05. The van der Waals surface area contributed by atoms with Gasteiger partial charge in [-0.3, -0.25) is 0 Å². The molecule has 0 aliphatic heterocycles. The normalized spacial score (nSPS) is 16.3. The van der Waals surface area contributed by atoms with Gasteiger partial charge in [-0.1, -0.05) is 24.6 Å². The fourth-order valence-electron chi connectivity index (χ4n) is 3.36. The molecule has 0 radical (unpaired) electrons. The van der Waals surface area contributed by atoms with Crippen LogP contribution in [-0.4, -0.2) is 0 Å². The second-order valence-electron chi connectivity index (χ2n) is 6.34. The van der Waals surface area contributed by atoms with Crippen molar-refractivity contribution in [1.82, 2.24) is 0 Å². The molecule has 21 heavy (non-hydrogen) atoms. The highest BCUT2D eigenvalue weighted by molar-refractivity contribution is 7.12. The molecule has 2 aromatic rings. The average Bonchev–Trinajstić information content (AvgIpc) is 2.74. The first-order valence-electron chi connectivity index (χ1n) is 8.07. The molecule has 0 fully saturated rings. The van der Waals surface area contributed by atoms with E-state index in [0.717, 1.165) is 6.42 Å². The van der Waals surface area contributed by atoms with Crippen LogP contribution in [0.1, 0.15) is 57.3 Å². The Morgan fingerprint density at radius 3 is 2.57 bits per heavy atom. The SMILES string of the molecule is Cc1cccc(C)c1CC(N)c1cc2c(s1)CCCCC2. The van der Waals surface area contributed by atoms with Crippen molar-refractivity contribution in [2.45, 2.75) is 58.4 Å². The van der Waals surface area contributed by atoms with Crippen molar-refractivity contribution < 1.29 is 0 Å². The van der Waals surface area contributed by atoms with Crippen LogP contribution in [0.3, 0.4) is 0 Å². The average molecular weight is 299 g/mol. The minimum absolute atomic E-state index is 0.140. The van der Waals surface area contributed by atoms with Crippen molar-refractivity contribution in [3.8, 4) is 0 Å². The number of thiophene rings is 1. The molecule has 2 heteroatoms. The predicted molar refractivity (Wildman–Crippen MR) is 92.1 cm³/mol. The molecule has 1 nitrogen and oxygen atoms in total. The van der Waals surface area contributed by atoms with Gasteiger partial charge in [-0.2, -0.15) is 0 Å². The van der Waals surface area contributed by atoms with Crippen molar-refractivity contribution in [1.29, 1.82) is 0 Å². The van der Waals surface area contributed by atoms with Gasteiger partial charge in [-0.15, -0.1) is 11.3 Å². The maximum Gasteiger partial charge on any atom is 0.0431 e. The third kappa shape index (κ3) is 3.22. The molecule has 0 saturated carbocycles. The molecule has 3 rings (SSSR count). The Morgan fingerprint density at radius 2 is 1.81 bits per heavy atom. The Kier molecular flexibility index (Phi) is 4.46. The molecule has 1 aromatic heterocycles. The fraction of sp³-hybridized carbons (Fsp3) is 0.474. The van der Waals surface area contributed by atoms with Gasteiger partial charge in [0.15, 0.2) is 0 Å². The van der Waals surface area contributed by atoms with Crippen molar-refractivity contribution in [2.24, 2.45) is 5.73 Å². The van der Waals surface area contributed by atoms with Gasteiger partial charge in [0, 0.05) is 15.8 Å². The third-order valence-corrected chi connectivity index (χ3v) is 6.07. The molecule has 112 valence electrons. The lowest BCUT2D eigenvalue weighted by Crippen LogP contribution is -2.13. The molecule has 1 aromatic carbocycles. The number of fused-ring (bicyclic) bond motifs is 1. The van der Waals surface area contributed by atoms with E-state index in [1.807, 2.05) is 11.3 Å². The van der Waals surface area contributed by atoms with Crippen molar-refractivity contribution in [3.63, 3.8) is 0 Å². The summed E-state index contributed by atoms with van der Waals surface area (Å²) < 4.78 is 0. The smallest absolute Gasteiger partial charge is 0.0431 e. The number of aryl methyl sites for hydroxylation is 4. The lowest BCUT2D eigenvalue weighted by atomic mass is 9.96. The van der Waals surface area contributed by atoms with E-state index in [1.165, 1.54) is 53.7 Å². The van der Waals surface area contributed by atoms with E-state index >= 15 is 0 Å². The Morgan fingerprint density at radius 1 is 1.10 bits per heavy atom. The number of hydrogen-bond acceptors (Lipinski definition) is 2. The summed E-state index contributed by atoms with van der Waals surface area (Å²) in [5.41, 5.74) is 12.3. The van der Waals surface area contributed by atoms with Gasteiger partial charge >= 0.3 is 0 Å². The van der Waals surface area contributed by atoms with Gasteiger partial charge < -0.3 is 5.73 Å². The van der Waals surface area contributed by atoms with Crippen molar-refractivity contribution in [2.75, 3.05) is 0 Å². The first kappa shape index (κ1) is 14.8. The van der Waals surface area contributed by atoms with Gasteiger partial charge in [0.1, 0.15) is 0 Å². The first-order valence-corrected chi connectivity index (χ1v) is 8.89. The zero-order valence-corrected chi connectivity index (χ0v) is 13.9. The van der Waals surface area contributed by atoms with Gasteiger partial charge in [-0.05, 0) is 74.3 Å². The molecule has 0 saturated heterocycles. The molecule has 1 aliphatic carbocycles. The maximum absolute atomic E-state index is 6.53. The Labute approximate surface area is 132 Å². The van der Waals surface area contributed by atoms with Crippen LogP contribution in [0.25, 0.3) is 0 Å². The van der Waals surface area contributed by atoms with Crippen LogP contribution in [0.15, 0.2) is 24.3 Å². The number of benzene rings is 1. The van der Waals surface area contributed by atoms with E-state index in [4.69, 9.17) is 5.73 Å². The molecule has 1 heterocycles. The van der Waals surface area contributed by atoms with Crippen molar-refractivity contribution >= 4 is 11.3 Å². The Hall–Kier alpha value is -1.12. The molecular formula is C19H25NS. The molecule has 0 bridgehead atoms. The summed E-state index contributed by atoms with van der Waals surface area (Å²) in [6.07, 6.45) is 7.54. The lowest BCUT2D eigenvalue weighted by Gasteiger charge is -2.14. The minimum Gasteiger partial charge on any atom is -0.323 e. The number of hydrogen-bond donors (Lipinski definition) is 1. The summed E-state index contributed by atoms with van der Waals surface area (Å²) in [6.45, 7) is 4.39. The second kappa shape index (κ2) is 6.33. The lowest BCUT2D eigenvalue weighted by molar-refractivity contribution is 0.708. The van der Waals surface area contributed by atoms with Gasteiger partial charge in [0.2, 0.25) is 0 Å². The zero-order chi connectivity index (χ0) is 14.8. The molecule has 1 atom stereocenters. The molecule has 1 aliphatic rings. The van der Waals surface area contributed by atoms with E-state index in [9.17, 15) is 0 Å². The van der Waals surface area contributed by atoms with Crippen LogP contribution in [0.5, 0.6) is 0 Å². The van der Waals surface area contributed by atoms with Gasteiger partial charge in [-0.25, -0.2) is 0 Å². The minimum atomic E-state index is 0.140. The zero-order valence-electron chi connectivity index (χ0n) is 13.1. The van der Waals surface area contributed by atoms with Gasteiger partial charge in [0.05, 0.1) is 0 Å². The highest BCUT2D eigenvalue weighted by Gasteiger charge is 2.17. The second-order valence-corrected chi connectivity index (χ2v) is 7.51. The first-order chi connectivity index (χ1) is 10.1. The summed E-state index contributed by atoms with van der Waals surface area (Å²) in [5.74, 6) is 0. The third-order valence-electron chi connectivity index (χ3n) is 4.70. The Bertz CT molecular complexity index is 583. The molecule has 2 N–H and O–H groups in total. The van der Waals surface area contributed by atoms with Crippen LogP contribution in [0.2, 0.25) is 0 Å². The van der Waals surface area contributed by atoms with Gasteiger partial charge in [0.25, 0.3) is 0 Å². The van der Waals surface area contributed by atoms with E-state index in [2.05, 4.69) is 38.1 Å². The standard InChI is InChI=1S/C19H25NS/c1-13-7-6-8-14(2)16(13)12-17(20)19-11-15-9-4-3-5-10-18(15)21-19/h6-8,11,17H,3-5,9-10,12,20H2,1-2H3.